The van der Waals surface area contributed by atoms with Crippen LogP contribution in [0.15, 0.2) is 48.7 Å². The van der Waals surface area contributed by atoms with Gasteiger partial charge >= 0.3 is 0 Å². The van der Waals surface area contributed by atoms with Gasteiger partial charge in [0.2, 0.25) is 5.91 Å². The average Bonchev–Trinajstić information content (AvgIpc) is 3.34. The van der Waals surface area contributed by atoms with Crippen molar-refractivity contribution in [1.29, 1.82) is 0 Å². The van der Waals surface area contributed by atoms with Gasteiger partial charge in [0.15, 0.2) is 11.5 Å². The Bertz CT molecular complexity index is 963. The lowest BCUT2D eigenvalue weighted by molar-refractivity contribution is -0.129. The maximum atomic E-state index is 12.8. The zero-order valence-corrected chi connectivity index (χ0v) is 15.7. The summed E-state index contributed by atoms with van der Waals surface area (Å²) in [5.41, 5.74) is 3.41. The molecule has 0 aliphatic carbocycles. The fraction of sp³-hybridized carbons (Fsp3) is 0.318. The fourth-order valence-corrected chi connectivity index (χ4v) is 3.95. The highest BCUT2D eigenvalue weighted by molar-refractivity contribution is 5.84. The SMILES string of the molecule is COc1ccc(CC(=O)N2CCC(c3c[nH]c4ccccc34)C2)cc1OC. The Hall–Kier alpha value is -2.95. The molecule has 140 valence electrons. The summed E-state index contributed by atoms with van der Waals surface area (Å²) in [5, 5.41) is 1.26. The van der Waals surface area contributed by atoms with Crippen molar-refractivity contribution < 1.29 is 14.3 Å². The number of benzene rings is 2. The van der Waals surface area contributed by atoms with Crippen LogP contribution in [0.2, 0.25) is 0 Å². The second-order valence-electron chi connectivity index (χ2n) is 6.98. The monoisotopic (exact) mass is 364 g/mol. The Morgan fingerprint density at radius 1 is 1.15 bits per heavy atom. The van der Waals surface area contributed by atoms with Gasteiger partial charge in [-0.2, -0.15) is 0 Å². The molecule has 0 saturated carbocycles. The predicted molar refractivity (Wildman–Crippen MR) is 105 cm³/mol. The van der Waals surface area contributed by atoms with Gasteiger partial charge in [-0.1, -0.05) is 24.3 Å². The summed E-state index contributed by atoms with van der Waals surface area (Å²) in [5.74, 6) is 1.87. The van der Waals surface area contributed by atoms with Crippen molar-refractivity contribution in [2.24, 2.45) is 0 Å². The molecule has 27 heavy (non-hydrogen) atoms. The molecule has 5 nitrogen and oxygen atoms in total. The lowest BCUT2D eigenvalue weighted by Crippen LogP contribution is -2.29. The van der Waals surface area contributed by atoms with Crippen LogP contribution in [-0.2, 0) is 11.2 Å². The number of nitrogens with one attached hydrogen (secondary N) is 1. The molecule has 2 aromatic carbocycles. The molecule has 1 atom stereocenters. The van der Waals surface area contributed by atoms with Gasteiger partial charge in [-0.05, 0) is 35.7 Å². The van der Waals surface area contributed by atoms with Crippen molar-refractivity contribution in [2.75, 3.05) is 27.3 Å². The summed E-state index contributed by atoms with van der Waals surface area (Å²) in [4.78, 5) is 18.1. The van der Waals surface area contributed by atoms with Crippen molar-refractivity contribution in [3.05, 3.63) is 59.8 Å². The summed E-state index contributed by atoms with van der Waals surface area (Å²) < 4.78 is 10.6. The number of para-hydroxylation sites is 1. The van der Waals surface area contributed by atoms with E-state index < -0.39 is 0 Å². The van der Waals surface area contributed by atoms with E-state index in [-0.39, 0.29) is 5.91 Å². The van der Waals surface area contributed by atoms with Gasteiger partial charge in [0.25, 0.3) is 0 Å². The number of carbonyl (C=O) groups excluding carboxylic acids is 1. The molecular formula is C22H24N2O3. The number of aromatic amines is 1. The van der Waals surface area contributed by atoms with Crippen LogP contribution in [0.1, 0.15) is 23.5 Å². The number of rotatable bonds is 5. The van der Waals surface area contributed by atoms with Crippen LogP contribution in [0.25, 0.3) is 10.9 Å². The van der Waals surface area contributed by atoms with E-state index in [0.717, 1.165) is 30.6 Å². The molecule has 1 aromatic heterocycles. The molecule has 1 unspecified atom stereocenters. The number of amides is 1. The number of H-pyrrole nitrogens is 1. The van der Waals surface area contributed by atoms with Gasteiger partial charge in [0.1, 0.15) is 0 Å². The number of ether oxygens (including phenoxy) is 2. The summed E-state index contributed by atoms with van der Waals surface area (Å²) in [6, 6.07) is 14.0. The second kappa shape index (κ2) is 7.35. The number of hydrogen-bond acceptors (Lipinski definition) is 3. The summed E-state index contributed by atoms with van der Waals surface area (Å²) in [7, 11) is 3.22. The smallest absolute Gasteiger partial charge is 0.227 e. The quantitative estimate of drug-likeness (QED) is 0.750. The van der Waals surface area contributed by atoms with Crippen molar-refractivity contribution >= 4 is 16.8 Å². The Balaban J connectivity index is 1.45. The molecule has 1 aliphatic heterocycles. The first-order valence-corrected chi connectivity index (χ1v) is 9.24. The number of nitrogens with zero attached hydrogens (tertiary/aromatic N) is 1. The van der Waals surface area contributed by atoms with E-state index in [1.165, 1.54) is 10.9 Å². The molecule has 3 aromatic rings. The molecule has 4 rings (SSSR count). The zero-order chi connectivity index (χ0) is 18.8. The third-order valence-electron chi connectivity index (χ3n) is 5.41. The van der Waals surface area contributed by atoms with Crippen molar-refractivity contribution in [1.82, 2.24) is 9.88 Å². The van der Waals surface area contributed by atoms with Crippen molar-refractivity contribution in [3.63, 3.8) is 0 Å². The highest BCUT2D eigenvalue weighted by Crippen LogP contribution is 2.33. The van der Waals surface area contributed by atoms with Gasteiger partial charge in [-0.15, -0.1) is 0 Å². The van der Waals surface area contributed by atoms with E-state index in [1.54, 1.807) is 14.2 Å². The van der Waals surface area contributed by atoms with E-state index in [1.807, 2.05) is 29.2 Å². The molecule has 5 heteroatoms. The molecule has 1 N–H and O–H groups in total. The molecule has 1 fully saturated rings. The molecule has 1 amide bonds. The molecule has 1 saturated heterocycles. The zero-order valence-electron chi connectivity index (χ0n) is 15.7. The van der Waals surface area contributed by atoms with Crippen molar-refractivity contribution in [3.8, 4) is 11.5 Å². The summed E-state index contributed by atoms with van der Waals surface area (Å²) in [6.07, 6.45) is 3.47. The molecule has 2 heterocycles. The van der Waals surface area contributed by atoms with Crippen LogP contribution in [0, 0.1) is 0 Å². The van der Waals surface area contributed by atoms with Crippen LogP contribution in [0.5, 0.6) is 11.5 Å². The third-order valence-corrected chi connectivity index (χ3v) is 5.41. The fourth-order valence-electron chi connectivity index (χ4n) is 3.95. The maximum absolute atomic E-state index is 12.8. The number of aromatic nitrogens is 1. The Morgan fingerprint density at radius 2 is 1.96 bits per heavy atom. The van der Waals surface area contributed by atoms with Crippen LogP contribution in [0.3, 0.4) is 0 Å². The second-order valence-corrected chi connectivity index (χ2v) is 6.98. The molecule has 1 aliphatic rings. The topological polar surface area (TPSA) is 54.6 Å². The first-order chi connectivity index (χ1) is 13.2. The van der Waals surface area contributed by atoms with Crippen LogP contribution < -0.4 is 9.47 Å². The maximum Gasteiger partial charge on any atom is 0.227 e. The van der Waals surface area contributed by atoms with Gasteiger partial charge in [0, 0.05) is 36.1 Å². The minimum absolute atomic E-state index is 0.157. The largest absolute Gasteiger partial charge is 0.493 e. The first kappa shape index (κ1) is 17.5. The highest BCUT2D eigenvalue weighted by atomic mass is 16.5. The number of likely N-dealkylation sites (tertiary alicyclic amines) is 1. The van der Waals surface area contributed by atoms with Gasteiger partial charge in [-0.3, -0.25) is 4.79 Å². The molecule has 0 radical (unpaired) electrons. The predicted octanol–water partition coefficient (Wildman–Crippen LogP) is 3.74. The number of fused-ring (bicyclic) bond motifs is 1. The van der Waals surface area contributed by atoms with E-state index >= 15 is 0 Å². The first-order valence-electron chi connectivity index (χ1n) is 9.24. The lowest BCUT2D eigenvalue weighted by Gasteiger charge is -2.17. The van der Waals surface area contributed by atoms with Crippen LogP contribution >= 0.6 is 0 Å². The molecular weight excluding hydrogens is 340 g/mol. The van der Waals surface area contributed by atoms with E-state index in [9.17, 15) is 4.79 Å². The van der Waals surface area contributed by atoms with Crippen molar-refractivity contribution in [2.45, 2.75) is 18.8 Å². The van der Waals surface area contributed by atoms with Crippen LogP contribution in [-0.4, -0.2) is 43.1 Å². The lowest BCUT2D eigenvalue weighted by atomic mass is 9.98. The summed E-state index contributed by atoms with van der Waals surface area (Å²) in [6.45, 7) is 1.57. The normalized spacial score (nSPS) is 16.7. The Morgan fingerprint density at radius 3 is 2.78 bits per heavy atom. The van der Waals surface area contributed by atoms with E-state index in [4.69, 9.17) is 9.47 Å². The minimum Gasteiger partial charge on any atom is -0.493 e. The standard InChI is InChI=1S/C22H24N2O3/c1-26-20-8-7-15(11-21(20)27-2)12-22(25)24-10-9-16(14-24)18-13-23-19-6-4-3-5-17(18)19/h3-8,11,13,16,23H,9-10,12,14H2,1-2H3. The number of hydrogen-bond donors (Lipinski definition) is 1. The van der Waals surface area contributed by atoms with E-state index in [2.05, 4.69) is 29.4 Å². The Kier molecular flexibility index (Phi) is 4.75. The third kappa shape index (κ3) is 3.37. The number of carbonyl (C=O) groups is 1. The highest BCUT2D eigenvalue weighted by Gasteiger charge is 2.28. The van der Waals surface area contributed by atoms with Gasteiger partial charge < -0.3 is 19.4 Å². The van der Waals surface area contributed by atoms with Crippen LogP contribution in [0.4, 0.5) is 0 Å². The Labute approximate surface area is 158 Å². The molecule has 0 bridgehead atoms. The van der Waals surface area contributed by atoms with Gasteiger partial charge in [0.05, 0.1) is 20.6 Å². The summed E-state index contributed by atoms with van der Waals surface area (Å²) >= 11 is 0. The number of methoxy groups -OCH3 is 2. The average molecular weight is 364 g/mol. The van der Waals surface area contributed by atoms with Gasteiger partial charge in [-0.25, -0.2) is 0 Å². The van der Waals surface area contributed by atoms with E-state index in [0.29, 0.717) is 23.8 Å². The minimum atomic E-state index is 0.157. The molecule has 0 spiro atoms.